The summed E-state index contributed by atoms with van der Waals surface area (Å²) in [6, 6.07) is 8.14. The maximum atomic E-state index is 12.0. The summed E-state index contributed by atoms with van der Waals surface area (Å²) in [5, 5.41) is 3.36. The van der Waals surface area contributed by atoms with E-state index in [4.69, 9.17) is 0 Å². The van der Waals surface area contributed by atoms with E-state index >= 15 is 0 Å². The number of aromatic nitrogens is 2. The lowest BCUT2D eigenvalue weighted by atomic mass is 10.1. The van der Waals surface area contributed by atoms with E-state index in [2.05, 4.69) is 21.3 Å². The highest BCUT2D eigenvalue weighted by molar-refractivity contribution is 5.42. The number of piperazine rings is 1. The van der Waals surface area contributed by atoms with E-state index < -0.39 is 0 Å². The minimum Gasteiger partial charge on any atom is -0.314 e. The predicted molar refractivity (Wildman–Crippen MR) is 79.3 cm³/mol. The molecule has 0 spiro atoms. The number of imidazole rings is 1. The van der Waals surface area contributed by atoms with E-state index in [0.29, 0.717) is 0 Å². The number of hydrogen-bond acceptors (Lipinski definition) is 3. The van der Waals surface area contributed by atoms with Crippen LogP contribution in [-0.4, -0.2) is 40.6 Å². The smallest absolute Gasteiger partial charge is 0.314 e. The first-order valence-corrected chi connectivity index (χ1v) is 7.04. The number of rotatable bonds is 3. The highest BCUT2D eigenvalue weighted by Crippen LogP contribution is 2.16. The van der Waals surface area contributed by atoms with Crippen LogP contribution in [0.2, 0.25) is 0 Å². The van der Waals surface area contributed by atoms with Crippen LogP contribution in [0, 0.1) is 6.92 Å². The van der Waals surface area contributed by atoms with Crippen molar-refractivity contribution in [3.05, 3.63) is 52.2 Å². The average Bonchev–Trinajstić information content (AvgIpc) is 2.80. The van der Waals surface area contributed by atoms with Gasteiger partial charge in [0.1, 0.15) is 0 Å². The van der Waals surface area contributed by atoms with E-state index in [9.17, 15) is 4.79 Å². The van der Waals surface area contributed by atoms with Crippen molar-refractivity contribution in [3.8, 4) is 5.69 Å². The van der Waals surface area contributed by atoms with Crippen LogP contribution < -0.4 is 11.0 Å². The molecule has 0 bridgehead atoms. The van der Waals surface area contributed by atoms with Crippen molar-refractivity contribution in [2.75, 3.05) is 26.2 Å². The van der Waals surface area contributed by atoms with E-state index in [1.165, 1.54) is 5.56 Å². The number of nitrogens with zero attached hydrogens (tertiary/aromatic N) is 2. The minimum absolute atomic E-state index is 0.0738. The van der Waals surface area contributed by atoms with Crippen molar-refractivity contribution in [2.24, 2.45) is 0 Å². The number of H-pyrrole nitrogens is 1. The number of hydrogen-bond donors (Lipinski definition) is 2. The summed E-state index contributed by atoms with van der Waals surface area (Å²) in [7, 11) is 0. The Hall–Kier alpha value is -1.85. The zero-order valence-corrected chi connectivity index (χ0v) is 11.7. The summed E-state index contributed by atoms with van der Waals surface area (Å²) < 4.78 is 1.75. The van der Waals surface area contributed by atoms with Gasteiger partial charge in [-0.25, -0.2) is 4.79 Å². The molecule has 1 aromatic carbocycles. The van der Waals surface area contributed by atoms with Crippen LogP contribution in [0.1, 0.15) is 11.3 Å². The van der Waals surface area contributed by atoms with Crippen LogP contribution in [0.4, 0.5) is 0 Å². The van der Waals surface area contributed by atoms with Gasteiger partial charge in [-0.3, -0.25) is 9.47 Å². The Kier molecular flexibility index (Phi) is 3.71. The van der Waals surface area contributed by atoms with Gasteiger partial charge in [0, 0.05) is 44.6 Å². The van der Waals surface area contributed by atoms with Crippen LogP contribution in [-0.2, 0) is 6.54 Å². The molecule has 0 aliphatic carbocycles. The highest BCUT2D eigenvalue weighted by atomic mass is 16.1. The Labute approximate surface area is 118 Å². The van der Waals surface area contributed by atoms with E-state index in [1.807, 2.05) is 25.1 Å². The molecule has 1 aromatic heterocycles. The number of para-hydroxylation sites is 1. The zero-order chi connectivity index (χ0) is 13.9. The number of aromatic amines is 1. The van der Waals surface area contributed by atoms with E-state index in [1.54, 1.807) is 10.8 Å². The molecule has 5 heteroatoms. The van der Waals surface area contributed by atoms with Gasteiger partial charge in [-0.05, 0) is 18.6 Å². The van der Waals surface area contributed by atoms with Crippen molar-refractivity contribution in [1.82, 2.24) is 19.8 Å². The fraction of sp³-hybridized carbons (Fsp3) is 0.400. The molecule has 106 valence electrons. The maximum Gasteiger partial charge on any atom is 0.330 e. The molecular formula is C15H20N4O. The quantitative estimate of drug-likeness (QED) is 0.872. The second-order valence-corrected chi connectivity index (χ2v) is 5.23. The van der Waals surface area contributed by atoms with Crippen molar-refractivity contribution in [3.63, 3.8) is 0 Å². The molecule has 3 rings (SSSR count). The van der Waals surface area contributed by atoms with Gasteiger partial charge >= 0.3 is 5.69 Å². The first-order valence-electron chi connectivity index (χ1n) is 7.04. The van der Waals surface area contributed by atoms with Crippen LogP contribution in [0.5, 0.6) is 0 Å². The van der Waals surface area contributed by atoms with Gasteiger partial charge < -0.3 is 10.3 Å². The molecule has 1 saturated heterocycles. The largest absolute Gasteiger partial charge is 0.330 e. The summed E-state index contributed by atoms with van der Waals surface area (Å²) in [6.07, 6.45) is 1.75. The Bertz CT molecular complexity index is 637. The molecular weight excluding hydrogens is 252 g/mol. The van der Waals surface area contributed by atoms with Crippen LogP contribution in [0.15, 0.2) is 35.3 Å². The summed E-state index contributed by atoms with van der Waals surface area (Å²) in [4.78, 5) is 17.1. The third-order valence-electron chi connectivity index (χ3n) is 3.80. The highest BCUT2D eigenvalue weighted by Gasteiger charge is 2.14. The summed E-state index contributed by atoms with van der Waals surface area (Å²) in [5.74, 6) is 0. The van der Waals surface area contributed by atoms with Crippen molar-refractivity contribution in [1.29, 1.82) is 0 Å². The first-order chi connectivity index (χ1) is 9.75. The predicted octanol–water partition coefficient (Wildman–Crippen LogP) is 0.879. The molecule has 0 atom stereocenters. The first kappa shape index (κ1) is 13.1. The van der Waals surface area contributed by atoms with Gasteiger partial charge in [-0.15, -0.1) is 0 Å². The molecule has 2 aromatic rings. The number of benzene rings is 1. The number of aryl methyl sites for hydroxylation is 1. The third-order valence-corrected chi connectivity index (χ3v) is 3.80. The third kappa shape index (κ3) is 2.55. The van der Waals surface area contributed by atoms with Gasteiger partial charge in [-0.2, -0.15) is 0 Å². The molecule has 0 unspecified atom stereocenters. The Balaban J connectivity index is 1.94. The fourth-order valence-corrected chi connectivity index (χ4v) is 2.73. The topological polar surface area (TPSA) is 53.1 Å². The lowest BCUT2D eigenvalue weighted by Crippen LogP contribution is -2.43. The summed E-state index contributed by atoms with van der Waals surface area (Å²) in [5.41, 5.74) is 3.03. The van der Waals surface area contributed by atoms with Crippen molar-refractivity contribution < 1.29 is 0 Å². The minimum atomic E-state index is -0.0738. The SMILES string of the molecule is Cc1c[nH]c(=O)n1-c1ccccc1CN1CCNCC1. The zero-order valence-electron chi connectivity index (χ0n) is 11.7. The fourth-order valence-electron chi connectivity index (χ4n) is 2.73. The van der Waals surface area contributed by atoms with Gasteiger partial charge in [-0.1, -0.05) is 18.2 Å². The normalized spacial score (nSPS) is 16.4. The molecule has 1 aliphatic rings. The standard InChI is InChI=1S/C15H20N4O/c1-12-10-17-15(20)19(12)14-5-3-2-4-13(14)11-18-8-6-16-7-9-18/h2-5,10,16H,6-9,11H2,1H3,(H,17,20). The monoisotopic (exact) mass is 272 g/mol. The maximum absolute atomic E-state index is 12.0. The van der Waals surface area contributed by atoms with Crippen molar-refractivity contribution >= 4 is 0 Å². The molecule has 20 heavy (non-hydrogen) atoms. The van der Waals surface area contributed by atoms with E-state index in [-0.39, 0.29) is 5.69 Å². The Morgan fingerprint density at radius 3 is 2.65 bits per heavy atom. The van der Waals surface area contributed by atoms with E-state index in [0.717, 1.165) is 44.1 Å². The Morgan fingerprint density at radius 1 is 1.20 bits per heavy atom. The number of nitrogens with one attached hydrogen (secondary N) is 2. The second kappa shape index (κ2) is 5.64. The summed E-state index contributed by atoms with van der Waals surface area (Å²) in [6.45, 7) is 7.00. The molecule has 1 fully saturated rings. The van der Waals surface area contributed by atoms with Crippen molar-refractivity contribution in [2.45, 2.75) is 13.5 Å². The molecule has 0 saturated carbocycles. The molecule has 0 amide bonds. The van der Waals surface area contributed by atoms with Gasteiger partial charge in [0.25, 0.3) is 0 Å². The molecule has 2 N–H and O–H groups in total. The lowest BCUT2D eigenvalue weighted by molar-refractivity contribution is 0.233. The second-order valence-electron chi connectivity index (χ2n) is 5.23. The van der Waals surface area contributed by atoms with Crippen LogP contribution >= 0.6 is 0 Å². The molecule has 2 heterocycles. The molecule has 0 radical (unpaired) electrons. The summed E-state index contributed by atoms with van der Waals surface area (Å²) >= 11 is 0. The van der Waals surface area contributed by atoms with Gasteiger partial charge in [0.2, 0.25) is 0 Å². The van der Waals surface area contributed by atoms with Crippen LogP contribution in [0.3, 0.4) is 0 Å². The molecule has 1 aliphatic heterocycles. The molecule has 5 nitrogen and oxygen atoms in total. The van der Waals surface area contributed by atoms with Crippen LogP contribution in [0.25, 0.3) is 5.69 Å². The average molecular weight is 272 g/mol. The van der Waals surface area contributed by atoms with Gasteiger partial charge in [0.05, 0.1) is 5.69 Å². The Morgan fingerprint density at radius 2 is 1.95 bits per heavy atom. The van der Waals surface area contributed by atoms with Gasteiger partial charge in [0.15, 0.2) is 0 Å². The lowest BCUT2D eigenvalue weighted by Gasteiger charge is -2.28.